The van der Waals surface area contributed by atoms with Gasteiger partial charge in [-0.05, 0) is 37.8 Å². The van der Waals surface area contributed by atoms with Crippen molar-refractivity contribution >= 4 is 5.69 Å². The van der Waals surface area contributed by atoms with Gasteiger partial charge in [-0.1, -0.05) is 37.5 Å². The summed E-state index contributed by atoms with van der Waals surface area (Å²) in [6.45, 7) is 3.37. The average Bonchev–Trinajstić information content (AvgIpc) is 2.92. The second-order valence-corrected chi connectivity index (χ2v) is 8.09. The first-order valence-electron chi connectivity index (χ1n) is 10.1. The summed E-state index contributed by atoms with van der Waals surface area (Å²) < 4.78 is 5.96. The molecule has 2 heterocycles. The van der Waals surface area contributed by atoms with Crippen molar-refractivity contribution in [3.05, 3.63) is 30.3 Å². The summed E-state index contributed by atoms with van der Waals surface area (Å²) in [6, 6.07) is 12.0. The van der Waals surface area contributed by atoms with Gasteiger partial charge in [0, 0.05) is 37.4 Å². The minimum absolute atomic E-state index is 0.357. The van der Waals surface area contributed by atoms with Crippen molar-refractivity contribution in [3.8, 4) is 0 Å². The Morgan fingerprint density at radius 1 is 0.960 bits per heavy atom. The Kier molecular flexibility index (Phi) is 5.59. The highest BCUT2D eigenvalue weighted by Crippen LogP contribution is 2.34. The number of fused-ring (bicyclic) bond motifs is 2. The summed E-state index contributed by atoms with van der Waals surface area (Å²) in [5.41, 5.74) is 1.36. The lowest BCUT2D eigenvalue weighted by Crippen LogP contribution is -2.55. The van der Waals surface area contributed by atoms with Gasteiger partial charge in [-0.25, -0.2) is 0 Å². The number of ether oxygens (including phenoxy) is 1. The first-order valence-corrected chi connectivity index (χ1v) is 10.1. The summed E-state index contributed by atoms with van der Waals surface area (Å²) in [4.78, 5) is 5.07. The van der Waals surface area contributed by atoms with E-state index in [9.17, 15) is 5.11 Å². The number of β-amino-alcohol motifs (C(OH)–C–C–N with tert-alkyl or cyclic N) is 1. The predicted octanol–water partition coefficient (Wildman–Crippen LogP) is 3.05. The minimum atomic E-state index is -0.357. The highest BCUT2D eigenvalue weighted by atomic mass is 16.5. The van der Waals surface area contributed by atoms with Crippen LogP contribution in [0.2, 0.25) is 0 Å². The number of aliphatic hydroxyl groups is 1. The minimum Gasteiger partial charge on any atom is -0.389 e. The third-order valence-corrected chi connectivity index (χ3v) is 6.16. The largest absolute Gasteiger partial charge is 0.389 e. The van der Waals surface area contributed by atoms with Crippen molar-refractivity contribution < 1.29 is 9.84 Å². The van der Waals surface area contributed by atoms with E-state index in [0.29, 0.717) is 24.8 Å². The molecule has 4 heteroatoms. The number of piperazine rings is 1. The maximum Gasteiger partial charge on any atom is 0.0900 e. The van der Waals surface area contributed by atoms with Crippen molar-refractivity contribution in [1.29, 1.82) is 0 Å². The molecule has 0 amide bonds. The summed E-state index contributed by atoms with van der Waals surface area (Å²) in [6.07, 6.45) is 8.82. The summed E-state index contributed by atoms with van der Waals surface area (Å²) in [5, 5.41) is 10.4. The quantitative estimate of drug-likeness (QED) is 0.860. The van der Waals surface area contributed by atoms with Gasteiger partial charge in [0.2, 0.25) is 0 Å². The molecular weight excluding hydrogens is 312 g/mol. The van der Waals surface area contributed by atoms with Crippen LogP contribution in [0.4, 0.5) is 5.69 Å². The van der Waals surface area contributed by atoms with E-state index in [0.717, 1.165) is 19.6 Å². The van der Waals surface area contributed by atoms with Gasteiger partial charge in [0.15, 0.2) is 0 Å². The number of aliphatic hydroxyl groups excluding tert-OH is 1. The van der Waals surface area contributed by atoms with Gasteiger partial charge in [0.05, 0.1) is 18.8 Å². The fourth-order valence-electron chi connectivity index (χ4n) is 4.99. The first kappa shape index (κ1) is 17.3. The number of hydrogen-bond donors (Lipinski definition) is 1. The molecule has 0 spiro atoms. The number of likely N-dealkylation sites (tertiary alicyclic amines) is 1. The van der Waals surface area contributed by atoms with Crippen molar-refractivity contribution in [2.45, 2.75) is 69.2 Å². The van der Waals surface area contributed by atoms with Gasteiger partial charge in [-0.15, -0.1) is 0 Å². The number of anilines is 1. The van der Waals surface area contributed by atoms with Crippen LogP contribution in [0.3, 0.4) is 0 Å². The smallest absolute Gasteiger partial charge is 0.0900 e. The maximum atomic E-state index is 10.4. The van der Waals surface area contributed by atoms with Crippen molar-refractivity contribution in [2.24, 2.45) is 0 Å². The SMILES string of the molecule is O[C@@H](COC1CCCCC1)CN1C[C@H]2CC[C@@H](C1)N2c1ccccc1. The second kappa shape index (κ2) is 8.07. The van der Waals surface area contributed by atoms with E-state index >= 15 is 0 Å². The fraction of sp³-hybridized carbons (Fsp3) is 0.714. The zero-order valence-corrected chi connectivity index (χ0v) is 15.2. The number of para-hydroxylation sites is 1. The fourth-order valence-corrected chi connectivity index (χ4v) is 4.99. The summed E-state index contributed by atoms with van der Waals surface area (Å²) >= 11 is 0. The van der Waals surface area contributed by atoms with Gasteiger partial charge in [0.25, 0.3) is 0 Å². The third-order valence-electron chi connectivity index (χ3n) is 6.16. The number of nitrogens with zero attached hydrogens (tertiary/aromatic N) is 2. The number of benzene rings is 1. The second-order valence-electron chi connectivity index (χ2n) is 8.09. The van der Waals surface area contributed by atoms with Gasteiger partial charge >= 0.3 is 0 Å². The van der Waals surface area contributed by atoms with E-state index in [4.69, 9.17) is 4.74 Å². The van der Waals surface area contributed by atoms with Crippen LogP contribution in [0.5, 0.6) is 0 Å². The number of rotatable bonds is 6. The highest BCUT2D eigenvalue weighted by molar-refractivity contribution is 5.50. The summed E-state index contributed by atoms with van der Waals surface area (Å²) in [7, 11) is 0. The molecule has 3 aliphatic rings. The van der Waals surface area contributed by atoms with E-state index in [1.807, 2.05) is 0 Å². The zero-order chi connectivity index (χ0) is 17.1. The molecular formula is C21H32N2O2. The van der Waals surface area contributed by atoms with Crippen LogP contribution in [-0.2, 0) is 4.74 Å². The van der Waals surface area contributed by atoms with Gasteiger partial charge < -0.3 is 14.7 Å². The van der Waals surface area contributed by atoms with Crippen LogP contribution < -0.4 is 4.90 Å². The Bertz CT molecular complexity index is 518. The zero-order valence-electron chi connectivity index (χ0n) is 15.2. The highest BCUT2D eigenvalue weighted by Gasteiger charge is 2.40. The Balaban J connectivity index is 1.26. The lowest BCUT2D eigenvalue weighted by molar-refractivity contribution is -0.0348. The van der Waals surface area contributed by atoms with E-state index in [-0.39, 0.29) is 6.10 Å². The molecule has 3 fully saturated rings. The van der Waals surface area contributed by atoms with Crippen LogP contribution in [0, 0.1) is 0 Å². The molecule has 138 valence electrons. The van der Waals surface area contributed by atoms with Crippen molar-refractivity contribution in [1.82, 2.24) is 4.90 Å². The van der Waals surface area contributed by atoms with E-state index in [1.165, 1.54) is 50.6 Å². The van der Waals surface area contributed by atoms with Crippen molar-refractivity contribution in [2.75, 3.05) is 31.1 Å². The third kappa shape index (κ3) is 4.18. The van der Waals surface area contributed by atoms with E-state index in [2.05, 4.69) is 40.1 Å². The molecule has 4 nitrogen and oxygen atoms in total. The molecule has 1 aromatic carbocycles. The molecule has 2 aliphatic heterocycles. The Morgan fingerprint density at radius 3 is 2.32 bits per heavy atom. The molecule has 25 heavy (non-hydrogen) atoms. The van der Waals surface area contributed by atoms with Crippen LogP contribution in [0.25, 0.3) is 0 Å². The Morgan fingerprint density at radius 2 is 1.64 bits per heavy atom. The van der Waals surface area contributed by atoms with Crippen molar-refractivity contribution in [3.63, 3.8) is 0 Å². The molecule has 0 radical (unpaired) electrons. The normalized spacial score (nSPS) is 29.1. The molecule has 0 aromatic heterocycles. The molecule has 1 aliphatic carbocycles. The monoisotopic (exact) mass is 344 g/mol. The van der Waals surface area contributed by atoms with Gasteiger partial charge in [0.1, 0.15) is 0 Å². The van der Waals surface area contributed by atoms with Crippen LogP contribution in [0.15, 0.2) is 30.3 Å². The van der Waals surface area contributed by atoms with Crippen LogP contribution in [0.1, 0.15) is 44.9 Å². The standard InChI is InChI=1S/C21H32N2O2/c24-20(16-25-21-9-5-2-6-10-21)15-22-13-18-11-12-19(14-22)23(18)17-7-3-1-4-8-17/h1,3-4,7-8,18-21,24H,2,5-6,9-16H2/t18-,19+,20-/m1/s1. The molecule has 0 unspecified atom stereocenters. The van der Waals surface area contributed by atoms with Crippen LogP contribution in [-0.4, -0.2) is 60.5 Å². The molecule has 2 bridgehead atoms. The lowest BCUT2D eigenvalue weighted by atomic mass is 9.98. The molecule has 4 rings (SSSR count). The van der Waals surface area contributed by atoms with Crippen LogP contribution >= 0.6 is 0 Å². The summed E-state index contributed by atoms with van der Waals surface area (Å²) in [5.74, 6) is 0. The predicted molar refractivity (Wildman–Crippen MR) is 101 cm³/mol. The molecule has 1 aromatic rings. The van der Waals surface area contributed by atoms with E-state index < -0.39 is 0 Å². The average molecular weight is 344 g/mol. The lowest BCUT2D eigenvalue weighted by Gasteiger charge is -2.43. The maximum absolute atomic E-state index is 10.4. The first-order chi connectivity index (χ1) is 12.3. The molecule has 2 saturated heterocycles. The van der Waals surface area contributed by atoms with E-state index in [1.54, 1.807) is 0 Å². The Labute approximate surface area is 151 Å². The van der Waals surface area contributed by atoms with Gasteiger partial charge in [-0.2, -0.15) is 0 Å². The topological polar surface area (TPSA) is 35.9 Å². The molecule has 1 N–H and O–H groups in total. The molecule has 1 saturated carbocycles. The number of hydrogen-bond acceptors (Lipinski definition) is 4. The molecule has 3 atom stereocenters. The Hall–Kier alpha value is -1.10. The van der Waals surface area contributed by atoms with Gasteiger partial charge in [-0.3, -0.25) is 4.90 Å².